The van der Waals surface area contributed by atoms with E-state index < -0.39 is 34.5 Å². The van der Waals surface area contributed by atoms with E-state index in [0.29, 0.717) is 12.1 Å². The lowest BCUT2D eigenvalue weighted by Crippen LogP contribution is -2.51. The number of aromatic nitrogens is 2. The molecule has 0 aliphatic carbocycles. The number of benzene rings is 3. The summed E-state index contributed by atoms with van der Waals surface area (Å²) >= 11 is 0. The van der Waals surface area contributed by atoms with Crippen LogP contribution in [0, 0.1) is 6.92 Å². The average Bonchev–Trinajstić information content (AvgIpc) is 3.51. The topological polar surface area (TPSA) is 113 Å². The number of hydrogen-bond acceptors (Lipinski definition) is 6. The van der Waals surface area contributed by atoms with Crippen LogP contribution in [0.15, 0.2) is 102 Å². The third-order valence-corrected chi connectivity index (χ3v) is 8.66. The Hall–Kier alpha value is -4.28. The molecule has 214 valence electrons. The number of methoxy groups -OCH3 is 1. The van der Waals surface area contributed by atoms with E-state index in [1.807, 2.05) is 67.6 Å². The third kappa shape index (κ3) is 7.90. The Morgan fingerprint density at radius 2 is 1.56 bits per heavy atom. The van der Waals surface area contributed by atoms with Gasteiger partial charge in [-0.2, -0.15) is 4.31 Å². The molecule has 0 saturated heterocycles. The molecule has 4 rings (SSSR count). The summed E-state index contributed by atoms with van der Waals surface area (Å²) in [5, 5.41) is 0. The van der Waals surface area contributed by atoms with Gasteiger partial charge in [-0.15, -0.1) is 0 Å². The van der Waals surface area contributed by atoms with Crippen molar-refractivity contribution in [3.63, 3.8) is 0 Å². The van der Waals surface area contributed by atoms with Crippen LogP contribution in [0.3, 0.4) is 0 Å². The highest BCUT2D eigenvalue weighted by atomic mass is 32.2. The van der Waals surface area contributed by atoms with Gasteiger partial charge < -0.3 is 14.6 Å². The molecule has 0 aliphatic rings. The SMILES string of the molecule is COC(=O)[C@H](Cc1cnc[nH]1)N(Cc1ccccc1)C(=O)CN(CCc1ccccc1)S(=O)(=O)c1ccc(C)cc1. The minimum atomic E-state index is -4.04. The maximum Gasteiger partial charge on any atom is 0.328 e. The van der Waals surface area contributed by atoms with E-state index >= 15 is 0 Å². The second-order valence-electron chi connectivity index (χ2n) is 9.71. The Balaban J connectivity index is 1.68. The van der Waals surface area contributed by atoms with Crippen molar-refractivity contribution in [3.05, 3.63) is 120 Å². The van der Waals surface area contributed by atoms with Crippen molar-refractivity contribution in [2.24, 2.45) is 0 Å². The molecule has 0 bridgehead atoms. The largest absolute Gasteiger partial charge is 0.467 e. The zero-order valence-electron chi connectivity index (χ0n) is 23.1. The number of nitrogens with one attached hydrogen (secondary N) is 1. The summed E-state index contributed by atoms with van der Waals surface area (Å²) in [5.41, 5.74) is 3.29. The van der Waals surface area contributed by atoms with Crippen molar-refractivity contribution in [3.8, 4) is 0 Å². The molecule has 0 saturated carbocycles. The first-order valence-electron chi connectivity index (χ1n) is 13.3. The monoisotopic (exact) mass is 574 g/mol. The normalized spacial score (nSPS) is 12.2. The molecule has 1 aromatic heterocycles. The van der Waals surface area contributed by atoms with Crippen LogP contribution in [-0.2, 0) is 43.7 Å². The molecule has 1 N–H and O–H groups in total. The van der Waals surface area contributed by atoms with Gasteiger partial charge in [-0.3, -0.25) is 4.79 Å². The summed E-state index contributed by atoms with van der Waals surface area (Å²) < 4.78 is 34.0. The summed E-state index contributed by atoms with van der Waals surface area (Å²) in [6.07, 6.45) is 3.61. The van der Waals surface area contributed by atoms with Crippen LogP contribution in [0.5, 0.6) is 0 Å². The number of esters is 1. The highest BCUT2D eigenvalue weighted by Gasteiger charge is 2.35. The lowest BCUT2D eigenvalue weighted by molar-refractivity contribution is -0.153. The van der Waals surface area contributed by atoms with Crippen molar-refractivity contribution >= 4 is 21.9 Å². The number of nitrogens with zero attached hydrogens (tertiary/aromatic N) is 3. The number of sulfonamides is 1. The van der Waals surface area contributed by atoms with Gasteiger partial charge in [0.1, 0.15) is 6.04 Å². The number of H-pyrrole nitrogens is 1. The van der Waals surface area contributed by atoms with E-state index in [4.69, 9.17) is 4.74 Å². The molecule has 0 fully saturated rings. The minimum Gasteiger partial charge on any atom is -0.467 e. The number of hydrogen-bond donors (Lipinski definition) is 1. The first-order valence-corrected chi connectivity index (χ1v) is 14.7. The second-order valence-corrected chi connectivity index (χ2v) is 11.7. The number of amides is 1. The zero-order valence-corrected chi connectivity index (χ0v) is 24.0. The predicted molar refractivity (Wildman–Crippen MR) is 155 cm³/mol. The molecular weight excluding hydrogens is 540 g/mol. The first-order chi connectivity index (χ1) is 19.8. The Labute approximate surface area is 240 Å². The maximum atomic E-state index is 14.1. The van der Waals surface area contributed by atoms with Crippen LogP contribution in [0.1, 0.15) is 22.4 Å². The van der Waals surface area contributed by atoms with Gasteiger partial charge >= 0.3 is 5.97 Å². The van der Waals surface area contributed by atoms with Crippen molar-refractivity contribution in [1.29, 1.82) is 0 Å². The summed E-state index contributed by atoms with van der Waals surface area (Å²) in [6, 6.07) is 24.3. The highest BCUT2D eigenvalue weighted by Crippen LogP contribution is 2.20. The number of carbonyl (C=O) groups excluding carboxylic acids is 2. The van der Waals surface area contributed by atoms with Crippen LogP contribution in [0.25, 0.3) is 0 Å². The minimum absolute atomic E-state index is 0.0780. The first kappa shape index (κ1) is 29.7. The molecule has 1 atom stereocenters. The van der Waals surface area contributed by atoms with Gasteiger partial charge in [0.15, 0.2) is 0 Å². The van der Waals surface area contributed by atoms with Crippen LogP contribution in [0.2, 0.25) is 0 Å². The molecule has 4 aromatic rings. The van der Waals surface area contributed by atoms with Gasteiger partial charge in [0.2, 0.25) is 15.9 Å². The van der Waals surface area contributed by atoms with Crippen molar-refractivity contribution in [2.75, 3.05) is 20.2 Å². The lowest BCUT2D eigenvalue weighted by Gasteiger charge is -2.32. The third-order valence-electron chi connectivity index (χ3n) is 6.80. The Morgan fingerprint density at radius 3 is 2.15 bits per heavy atom. The van der Waals surface area contributed by atoms with E-state index in [9.17, 15) is 18.0 Å². The van der Waals surface area contributed by atoms with E-state index in [2.05, 4.69) is 9.97 Å². The van der Waals surface area contributed by atoms with Gasteiger partial charge in [0.25, 0.3) is 0 Å². The van der Waals surface area contributed by atoms with Crippen molar-refractivity contribution < 1.29 is 22.7 Å². The average molecular weight is 575 g/mol. The van der Waals surface area contributed by atoms with Crippen molar-refractivity contribution in [1.82, 2.24) is 19.2 Å². The zero-order chi connectivity index (χ0) is 29.2. The van der Waals surface area contributed by atoms with Gasteiger partial charge in [0.05, 0.1) is 24.9 Å². The summed E-state index contributed by atoms with van der Waals surface area (Å²) in [5.74, 6) is -1.13. The van der Waals surface area contributed by atoms with Crippen LogP contribution in [-0.4, -0.2) is 65.7 Å². The smallest absolute Gasteiger partial charge is 0.328 e. The number of ether oxygens (including phenoxy) is 1. The number of aromatic amines is 1. The van der Waals surface area contributed by atoms with Crippen molar-refractivity contribution in [2.45, 2.75) is 37.2 Å². The fraction of sp³-hybridized carbons (Fsp3) is 0.258. The summed E-state index contributed by atoms with van der Waals surface area (Å²) in [6.45, 7) is 1.59. The highest BCUT2D eigenvalue weighted by molar-refractivity contribution is 7.89. The molecule has 10 heteroatoms. The van der Waals surface area contributed by atoms with Crippen LogP contribution >= 0.6 is 0 Å². The molecule has 0 spiro atoms. The van der Waals surface area contributed by atoms with Crippen LogP contribution in [0.4, 0.5) is 0 Å². The number of rotatable bonds is 13. The molecule has 41 heavy (non-hydrogen) atoms. The van der Waals surface area contributed by atoms with Gasteiger partial charge in [0, 0.05) is 31.4 Å². The standard InChI is InChI=1S/C31H34N4O5S/c1-24-13-15-28(16-14-24)41(38,39)34(18-17-25-9-5-3-6-10-25)22-30(36)35(21-26-11-7-4-8-12-26)29(31(37)40-2)19-27-20-32-23-33-27/h3-16,20,23,29H,17-19,21-22H2,1-2H3,(H,32,33)/t29-/m0/s1. The van der Waals surface area contributed by atoms with Crippen LogP contribution < -0.4 is 0 Å². The Morgan fingerprint density at radius 1 is 0.927 bits per heavy atom. The van der Waals surface area contributed by atoms with E-state index in [-0.39, 0.29) is 24.4 Å². The van der Waals surface area contributed by atoms with E-state index in [1.54, 1.807) is 30.5 Å². The molecule has 3 aromatic carbocycles. The second kappa shape index (κ2) is 13.9. The van der Waals surface area contributed by atoms with E-state index in [1.165, 1.54) is 22.6 Å². The maximum absolute atomic E-state index is 14.1. The number of imidazole rings is 1. The quantitative estimate of drug-likeness (QED) is 0.243. The summed E-state index contributed by atoms with van der Waals surface area (Å²) in [7, 11) is -2.77. The molecule has 0 aliphatic heterocycles. The molecular formula is C31H34N4O5S. The fourth-order valence-corrected chi connectivity index (χ4v) is 5.89. The molecule has 9 nitrogen and oxygen atoms in total. The van der Waals surface area contributed by atoms with Gasteiger partial charge in [-0.25, -0.2) is 18.2 Å². The van der Waals surface area contributed by atoms with E-state index in [0.717, 1.165) is 16.7 Å². The lowest BCUT2D eigenvalue weighted by atomic mass is 10.1. The molecule has 0 radical (unpaired) electrons. The number of carbonyl (C=O) groups is 2. The molecule has 0 unspecified atom stereocenters. The predicted octanol–water partition coefficient (Wildman–Crippen LogP) is 3.76. The molecule has 1 heterocycles. The number of aryl methyl sites for hydroxylation is 1. The Bertz CT molecular complexity index is 1510. The summed E-state index contributed by atoms with van der Waals surface area (Å²) in [4.78, 5) is 35.6. The Kier molecular flexibility index (Phi) is 10.0. The van der Waals surface area contributed by atoms with Gasteiger partial charge in [-0.1, -0.05) is 78.4 Å². The molecule has 1 amide bonds. The van der Waals surface area contributed by atoms with Gasteiger partial charge in [-0.05, 0) is 36.6 Å². The fourth-order valence-electron chi connectivity index (χ4n) is 4.50.